The Morgan fingerprint density at radius 1 is 1.38 bits per heavy atom. The van der Waals surface area contributed by atoms with E-state index in [9.17, 15) is 9.59 Å². The van der Waals surface area contributed by atoms with Crippen LogP contribution in [0.1, 0.15) is 36.2 Å². The molecule has 0 bridgehead atoms. The SMILES string of the molecule is O=C(O)c1cn(CCNC(=O)N(CC2CC2)C2CC2)cn1. The highest BCUT2D eigenvalue weighted by molar-refractivity contribution is 5.84. The summed E-state index contributed by atoms with van der Waals surface area (Å²) in [5.74, 6) is -0.342. The van der Waals surface area contributed by atoms with E-state index < -0.39 is 5.97 Å². The van der Waals surface area contributed by atoms with Gasteiger partial charge in [0.15, 0.2) is 5.69 Å². The molecule has 7 nitrogen and oxygen atoms in total. The normalized spacial score (nSPS) is 17.5. The Bertz CT molecular complexity index is 534. The standard InChI is InChI=1S/C14H20N4O3/c19-13(20)12-8-17(9-16-12)6-5-15-14(21)18(11-3-4-11)7-10-1-2-10/h8-11H,1-7H2,(H,15,21)(H,19,20). The predicted molar refractivity (Wildman–Crippen MR) is 75.0 cm³/mol. The number of nitrogens with zero attached hydrogens (tertiary/aromatic N) is 3. The van der Waals surface area contributed by atoms with Gasteiger partial charge in [0.2, 0.25) is 0 Å². The monoisotopic (exact) mass is 292 g/mol. The van der Waals surface area contributed by atoms with Gasteiger partial charge >= 0.3 is 12.0 Å². The Balaban J connectivity index is 1.44. The third-order valence-electron chi connectivity index (χ3n) is 3.90. The molecule has 2 amide bonds. The van der Waals surface area contributed by atoms with E-state index in [0.717, 1.165) is 19.4 Å². The zero-order valence-electron chi connectivity index (χ0n) is 11.9. The number of imidazole rings is 1. The van der Waals surface area contributed by atoms with Crippen LogP contribution < -0.4 is 5.32 Å². The van der Waals surface area contributed by atoms with Crippen molar-refractivity contribution in [3.8, 4) is 0 Å². The fourth-order valence-electron chi connectivity index (χ4n) is 2.35. The minimum Gasteiger partial charge on any atom is -0.476 e. The fraction of sp³-hybridized carbons (Fsp3) is 0.643. The summed E-state index contributed by atoms with van der Waals surface area (Å²) in [5, 5.41) is 11.7. The molecule has 3 rings (SSSR count). The average molecular weight is 292 g/mol. The summed E-state index contributed by atoms with van der Waals surface area (Å²) in [7, 11) is 0. The third kappa shape index (κ3) is 3.74. The number of aromatic nitrogens is 2. The largest absolute Gasteiger partial charge is 0.476 e. The summed E-state index contributed by atoms with van der Waals surface area (Å²) in [4.78, 5) is 28.7. The minimum atomic E-state index is -1.04. The summed E-state index contributed by atoms with van der Waals surface area (Å²) < 4.78 is 1.67. The second-order valence-corrected chi connectivity index (χ2v) is 5.86. The van der Waals surface area contributed by atoms with E-state index in [1.165, 1.54) is 25.4 Å². The molecule has 0 radical (unpaired) electrons. The first-order valence-electron chi connectivity index (χ1n) is 7.43. The number of hydrogen-bond donors (Lipinski definition) is 2. The van der Waals surface area contributed by atoms with Gasteiger partial charge in [-0.3, -0.25) is 0 Å². The highest BCUT2D eigenvalue weighted by Crippen LogP contribution is 2.34. The predicted octanol–water partition coefficient (Wildman–Crippen LogP) is 1.17. The Hall–Kier alpha value is -2.05. The molecule has 21 heavy (non-hydrogen) atoms. The van der Waals surface area contributed by atoms with Crippen molar-refractivity contribution in [1.29, 1.82) is 0 Å². The zero-order chi connectivity index (χ0) is 14.8. The summed E-state index contributed by atoms with van der Waals surface area (Å²) >= 11 is 0. The van der Waals surface area contributed by atoms with Gasteiger partial charge in [-0.05, 0) is 31.6 Å². The highest BCUT2D eigenvalue weighted by atomic mass is 16.4. The van der Waals surface area contributed by atoms with Gasteiger partial charge in [0, 0.05) is 31.9 Å². The van der Waals surface area contributed by atoms with Crippen LogP contribution in [0.2, 0.25) is 0 Å². The first-order chi connectivity index (χ1) is 10.1. The van der Waals surface area contributed by atoms with Crippen LogP contribution in [-0.4, -0.2) is 50.7 Å². The number of amides is 2. The Labute approximate surface area is 122 Å². The van der Waals surface area contributed by atoms with Gasteiger partial charge < -0.3 is 19.9 Å². The molecule has 0 saturated heterocycles. The quantitative estimate of drug-likeness (QED) is 0.789. The molecule has 0 aromatic carbocycles. The lowest BCUT2D eigenvalue weighted by molar-refractivity contribution is 0.0691. The van der Waals surface area contributed by atoms with E-state index in [1.807, 2.05) is 4.90 Å². The molecule has 2 aliphatic carbocycles. The molecule has 2 saturated carbocycles. The van der Waals surface area contributed by atoms with E-state index in [4.69, 9.17) is 5.11 Å². The number of hydrogen-bond acceptors (Lipinski definition) is 3. The summed E-state index contributed by atoms with van der Waals surface area (Å²) in [5.41, 5.74) is 0.0228. The third-order valence-corrected chi connectivity index (χ3v) is 3.90. The highest BCUT2D eigenvalue weighted by Gasteiger charge is 2.36. The van der Waals surface area contributed by atoms with Crippen LogP contribution in [0.5, 0.6) is 0 Å². The first kappa shape index (κ1) is 13.9. The van der Waals surface area contributed by atoms with Crippen molar-refractivity contribution >= 4 is 12.0 Å². The van der Waals surface area contributed by atoms with Gasteiger partial charge in [-0.25, -0.2) is 14.6 Å². The lowest BCUT2D eigenvalue weighted by atomic mass is 10.3. The van der Waals surface area contributed by atoms with Crippen molar-refractivity contribution in [3.05, 3.63) is 18.2 Å². The van der Waals surface area contributed by atoms with E-state index in [-0.39, 0.29) is 11.7 Å². The first-order valence-corrected chi connectivity index (χ1v) is 7.43. The molecule has 0 spiro atoms. The van der Waals surface area contributed by atoms with Gasteiger partial charge in [0.25, 0.3) is 0 Å². The van der Waals surface area contributed by atoms with Gasteiger partial charge in [0.05, 0.1) is 6.33 Å². The molecular formula is C14H20N4O3. The number of carbonyl (C=O) groups excluding carboxylic acids is 1. The maximum atomic E-state index is 12.2. The molecule has 114 valence electrons. The van der Waals surface area contributed by atoms with Crippen LogP contribution >= 0.6 is 0 Å². The molecule has 7 heteroatoms. The zero-order valence-corrected chi connectivity index (χ0v) is 11.9. The van der Waals surface area contributed by atoms with Crippen molar-refractivity contribution in [2.24, 2.45) is 5.92 Å². The van der Waals surface area contributed by atoms with Crippen molar-refractivity contribution in [2.75, 3.05) is 13.1 Å². The van der Waals surface area contributed by atoms with Crippen molar-refractivity contribution in [1.82, 2.24) is 19.8 Å². The molecule has 2 aliphatic rings. The number of rotatable bonds is 7. The van der Waals surface area contributed by atoms with Crippen LogP contribution in [0.4, 0.5) is 4.79 Å². The van der Waals surface area contributed by atoms with Crippen molar-refractivity contribution in [3.63, 3.8) is 0 Å². The van der Waals surface area contributed by atoms with E-state index >= 15 is 0 Å². The molecule has 1 heterocycles. The maximum Gasteiger partial charge on any atom is 0.356 e. The number of carboxylic acids is 1. The second kappa shape index (κ2) is 5.75. The summed E-state index contributed by atoms with van der Waals surface area (Å²) in [6.45, 7) is 1.88. The molecular weight excluding hydrogens is 272 g/mol. The molecule has 2 N–H and O–H groups in total. The Morgan fingerprint density at radius 2 is 2.14 bits per heavy atom. The topological polar surface area (TPSA) is 87.5 Å². The van der Waals surface area contributed by atoms with E-state index in [0.29, 0.717) is 25.0 Å². The van der Waals surface area contributed by atoms with Crippen molar-refractivity contribution in [2.45, 2.75) is 38.3 Å². The number of carbonyl (C=O) groups is 2. The molecule has 0 unspecified atom stereocenters. The summed E-state index contributed by atoms with van der Waals surface area (Å²) in [6.07, 6.45) is 7.65. The average Bonchev–Trinajstić information content (AvgIpc) is 3.35. The number of aromatic carboxylic acids is 1. The fourth-order valence-corrected chi connectivity index (χ4v) is 2.35. The molecule has 0 aliphatic heterocycles. The molecule has 1 aromatic rings. The van der Waals surface area contributed by atoms with E-state index in [2.05, 4.69) is 10.3 Å². The Morgan fingerprint density at radius 3 is 2.71 bits per heavy atom. The maximum absolute atomic E-state index is 12.2. The van der Waals surface area contributed by atoms with Crippen molar-refractivity contribution < 1.29 is 14.7 Å². The van der Waals surface area contributed by atoms with Crippen LogP contribution in [0.15, 0.2) is 12.5 Å². The van der Waals surface area contributed by atoms with Crippen LogP contribution in [0.25, 0.3) is 0 Å². The molecule has 0 atom stereocenters. The van der Waals surface area contributed by atoms with E-state index in [1.54, 1.807) is 4.57 Å². The van der Waals surface area contributed by atoms with Crippen LogP contribution in [0.3, 0.4) is 0 Å². The minimum absolute atomic E-state index is 0.00275. The van der Waals surface area contributed by atoms with Gasteiger partial charge in [-0.1, -0.05) is 0 Å². The van der Waals surface area contributed by atoms with Crippen LogP contribution in [-0.2, 0) is 6.54 Å². The number of carboxylic acid groups (broad SMARTS) is 1. The van der Waals surface area contributed by atoms with Gasteiger partial charge in [0.1, 0.15) is 0 Å². The number of nitrogens with one attached hydrogen (secondary N) is 1. The second-order valence-electron chi connectivity index (χ2n) is 5.86. The smallest absolute Gasteiger partial charge is 0.356 e. The lowest BCUT2D eigenvalue weighted by Gasteiger charge is -2.22. The molecule has 2 fully saturated rings. The number of urea groups is 1. The lowest BCUT2D eigenvalue weighted by Crippen LogP contribution is -2.43. The van der Waals surface area contributed by atoms with Gasteiger partial charge in [-0.2, -0.15) is 0 Å². The van der Waals surface area contributed by atoms with Crippen LogP contribution in [0, 0.1) is 5.92 Å². The van der Waals surface area contributed by atoms with Gasteiger partial charge in [-0.15, -0.1) is 0 Å². The Kier molecular flexibility index (Phi) is 3.81. The molecule has 1 aromatic heterocycles. The summed E-state index contributed by atoms with van der Waals surface area (Å²) in [6, 6.07) is 0.431.